The Kier molecular flexibility index (Phi) is 4.41. The van der Waals surface area contributed by atoms with Gasteiger partial charge < -0.3 is 20.1 Å². The topological polar surface area (TPSA) is 124 Å². The quantitative estimate of drug-likeness (QED) is 0.338. The molecule has 0 amide bonds. The van der Waals surface area contributed by atoms with Crippen LogP contribution in [0, 0.1) is 0 Å². The van der Waals surface area contributed by atoms with Crippen molar-refractivity contribution in [2.75, 3.05) is 12.4 Å². The molecule has 22 heavy (non-hydrogen) atoms. The predicted molar refractivity (Wildman–Crippen MR) is 79.3 cm³/mol. The summed E-state index contributed by atoms with van der Waals surface area (Å²) < 4.78 is 5.50. The zero-order valence-corrected chi connectivity index (χ0v) is 12.4. The molecule has 0 saturated carbocycles. The molecule has 0 aromatic carbocycles. The second kappa shape index (κ2) is 6.31. The van der Waals surface area contributed by atoms with Gasteiger partial charge in [0.25, 0.3) is 0 Å². The number of hydrogen-bond donors (Lipinski definition) is 4. The summed E-state index contributed by atoms with van der Waals surface area (Å²) in [6.45, 7) is 3.28. The summed E-state index contributed by atoms with van der Waals surface area (Å²) in [5.74, 6) is 0.683. The van der Waals surface area contributed by atoms with E-state index in [-0.39, 0.29) is 6.61 Å². The van der Waals surface area contributed by atoms with Gasteiger partial charge in [-0.1, -0.05) is 17.8 Å². The number of aromatic nitrogens is 4. The first kappa shape index (κ1) is 15.4. The average Bonchev–Trinajstić information content (AvgIpc) is 3.08. The molecular formula is C13H16N4O4S. The fraction of sp³-hybridized carbons (Fsp3) is 0.462. The molecule has 1 fully saturated rings. The van der Waals surface area contributed by atoms with Gasteiger partial charge in [0, 0.05) is 5.75 Å². The fourth-order valence-corrected chi connectivity index (χ4v) is 3.09. The summed E-state index contributed by atoms with van der Waals surface area (Å²) in [7, 11) is 0. The summed E-state index contributed by atoms with van der Waals surface area (Å²) >= 11 is 1.47. The molecule has 0 unspecified atom stereocenters. The van der Waals surface area contributed by atoms with E-state index < -0.39 is 24.4 Å². The Morgan fingerprint density at radius 2 is 2.14 bits per heavy atom. The van der Waals surface area contributed by atoms with Crippen molar-refractivity contribution in [1.82, 2.24) is 20.2 Å². The van der Waals surface area contributed by atoms with Crippen molar-refractivity contribution in [2.24, 2.45) is 0 Å². The first-order chi connectivity index (χ1) is 10.7. The third-order valence-corrected chi connectivity index (χ3v) is 4.47. The summed E-state index contributed by atoms with van der Waals surface area (Å²) in [5, 5.41) is 36.8. The Morgan fingerprint density at radius 3 is 2.82 bits per heavy atom. The van der Waals surface area contributed by atoms with Crippen LogP contribution < -0.4 is 0 Å². The van der Waals surface area contributed by atoms with Crippen LogP contribution in [0.1, 0.15) is 11.8 Å². The molecule has 1 aliphatic heterocycles. The van der Waals surface area contributed by atoms with Crippen LogP contribution in [0.3, 0.4) is 0 Å². The Balaban J connectivity index is 1.97. The van der Waals surface area contributed by atoms with Crippen molar-refractivity contribution in [3.8, 4) is 0 Å². The minimum Gasteiger partial charge on any atom is -0.394 e. The van der Waals surface area contributed by atoms with E-state index in [9.17, 15) is 10.2 Å². The van der Waals surface area contributed by atoms with E-state index >= 15 is 0 Å². The van der Waals surface area contributed by atoms with Gasteiger partial charge in [0.2, 0.25) is 0 Å². The molecule has 0 bridgehead atoms. The summed E-state index contributed by atoms with van der Waals surface area (Å²) in [6.07, 6.45) is -0.823. The first-order valence-corrected chi connectivity index (χ1v) is 7.71. The van der Waals surface area contributed by atoms with Gasteiger partial charge in [-0.3, -0.25) is 5.10 Å². The van der Waals surface area contributed by atoms with Crippen molar-refractivity contribution in [2.45, 2.75) is 29.4 Å². The van der Waals surface area contributed by atoms with Crippen LogP contribution in [0.2, 0.25) is 0 Å². The fourth-order valence-electron chi connectivity index (χ4n) is 2.41. The lowest BCUT2D eigenvalue weighted by molar-refractivity contribution is -0.0236. The predicted octanol–water partition coefficient (Wildman–Crippen LogP) is -0.215. The minimum atomic E-state index is -1.17. The number of H-pyrrole nitrogens is 1. The van der Waals surface area contributed by atoms with E-state index in [0.29, 0.717) is 27.5 Å². The number of aliphatic hydroxyl groups excluding tert-OH is 3. The largest absolute Gasteiger partial charge is 0.394 e. The molecule has 4 N–H and O–H groups in total. The molecule has 2 aromatic heterocycles. The molecule has 1 aliphatic rings. The third kappa shape index (κ3) is 2.50. The van der Waals surface area contributed by atoms with Crippen molar-refractivity contribution >= 4 is 22.8 Å². The van der Waals surface area contributed by atoms with Crippen LogP contribution in [0.15, 0.2) is 24.0 Å². The molecule has 2 aromatic rings. The normalized spacial score (nSPS) is 28.3. The van der Waals surface area contributed by atoms with Crippen molar-refractivity contribution in [3.05, 3.63) is 24.7 Å². The molecule has 1 saturated heterocycles. The smallest absolute Gasteiger partial charge is 0.143 e. The summed E-state index contributed by atoms with van der Waals surface area (Å²) in [4.78, 5) is 8.36. The van der Waals surface area contributed by atoms with Crippen LogP contribution >= 0.6 is 11.8 Å². The molecule has 4 atom stereocenters. The molecule has 0 radical (unpaired) electrons. The maximum Gasteiger partial charge on any atom is 0.143 e. The highest BCUT2D eigenvalue weighted by Gasteiger charge is 2.44. The highest BCUT2D eigenvalue weighted by molar-refractivity contribution is 7.99. The Bertz CT molecular complexity index is 679. The molecule has 0 aliphatic carbocycles. The Hall–Kier alpha value is -1.52. The van der Waals surface area contributed by atoms with Crippen molar-refractivity contribution in [1.29, 1.82) is 0 Å². The number of aliphatic hydroxyl groups is 3. The minimum absolute atomic E-state index is 0.379. The lowest BCUT2D eigenvalue weighted by Crippen LogP contribution is -2.32. The molecule has 0 spiro atoms. The lowest BCUT2D eigenvalue weighted by atomic mass is 10.1. The zero-order chi connectivity index (χ0) is 15.7. The molecule has 3 rings (SSSR count). The number of hydrogen-bond acceptors (Lipinski definition) is 8. The molecule has 9 heteroatoms. The Morgan fingerprint density at radius 1 is 1.32 bits per heavy atom. The van der Waals surface area contributed by atoms with Gasteiger partial charge in [0.1, 0.15) is 46.8 Å². The van der Waals surface area contributed by atoms with E-state index in [1.807, 2.05) is 0 Å². The molecule has 3 heterocycles. The van der Waals surface area contributed by atoms with Gasteiger partial charge in [-0.05, 0) is 0 Å². The highest BCUT2D eigenvalue weighted by Crippen LogP contribution is 2.36. The number of thioether (sulfide) groups is 1. The van der Waals surface area contributed by atoms with Crippen LogP contribution in [-0.2, 0) is 4.74 Å². The SMILES string of the molecule is C=CCSc1ncnc2c([C@H]3O[C@@H](CO)[C@@H](O)[C@H]3O)[nH]nc12. The number of fused-ring (bicyclic) bond motifs is 1. The number of nitrogens with zero attached hydrogens (tertiary/aromatic N) is 3. The summed E-state index contributed by atoms with van der Waals surface area (Å²) in [6, 6.07) is 0. The number of nitrogens with one attached hydrogen (secondary N) is 1. The monoisotopic (exact) mass is 324 g/mol. The van der Waals surface area contributed by atoms with Gasteiger partial charge in [0.15, 0.2) is 0 Å². The summed E-state index contributed by atoms with van der Waals surface area (Å²) in [5.41, 5.74) is 1.55. The first-order valence-electron chi connectivity index (χ1n) is 6.72. The van der Waals surface area contributed by atoms with E-state index in [1.165, 1.54) is 18.1 Å². The van der Waals surface area contributed by atoms with Crippen LogP contribution in [-0.4, -0.2) is 66.2 Å². The Labute approximate surface area is 130 Å². The molecule has 8 nitrogen and oxygen atoms in total. The maximum atomic E-state index is 10.1. The second-order valence-electron chi connectivity index (χ2n) is 4.87. The van der Waals surface area contributed by atoms with E-state index in [2.05, 4.69) is 26.7 Å². The average molecular weight is 324 g/mol. The zero-order valence-electron chi connectivity index (χ0n) is 11.6. The number of ether oxygens (including phenoxy) is 1. The van der Waals surface area contributed by atoms with Crippen LogP contribution in [0.4, 0.5) is 0 Å². The van der Waals surface area contributed by atoms with E-state index in [0.717, 1.165) is 0 Å². The third-order valence-electron chi connectivity index (χ3n) is 3.50. The highest BCUT2D eigenvalue weighted by atomic mass is 32.2. The van der Waals surface area contributed by atoms with Gasteiger partial charge in [-0.25, -0.2) is 9.97 Å². The standard InChI is InChI=1S/C13H16N4O4S/c1-2-3-22-13-9-7(14-5-15-13)8(16-17-9)12-11(20)10(19)6(4-18)21-12/h2,5-6,10-12,18-20H,1,3-4H2,(H,16,17)/t6-,10+,11+,12+/m0/s1. The maximum absolute atomic E-state index is 10.1. The van der Waals surface area contributed by atoms with Crippen LogP contribution in [0.25, 0.3) is 11.0 Å². The lowest BCUT2D eigenvalue weighted by Gasteiger charge is -2.12. The van der Waals surface area contributed by atoms with Crippen LogP contribution in [0.5, 0.6) is 0 Å². The second-order valence-corrected chi connectivity index (χ2v) is 5.88. The van der Waals surface area contributed by atoms with Gasteiger partial charge in [-0.15, -0.1) is 6.58 Å². The number of rotatable bonds is 5. The number of aromatic amines is 1. The van der Waals surface area contributed by atoms with Gasteiger partial charge >= 0.3 is 0 Å². The van der Waals surface area contributed by atoms with Gasteiger partial charge in [-0.2, -0.15) is 5.10 Å². The molecule has 118 valence electrons. The van der Waals surface area contributed by atoms with Gasteiger partial charge in [0.05, 0.1) is 12.3 Å². The van der Waals surface area contributed by atoms with E-state index in [1.54, 1.807) is 6.08 Å². The van der Waals surface area contributed by atoms with E-state index in [4.69, 9.17) is 9.84 Å². The molecular weight excluding hydrogens is 308 g/mol. The van der Waals surface area contributed by atoms with Crippen molar-refractivity contribution < 1.29 is 20.1 Å². The van der Waals surface area contributed by atoms with Crippen molar-refractivity contribution in [3.63, 3.8) is 0 Å².